The molecule has 0 fully saturated rings. The van der Waals surface area contributed by atoms with Gasteiger partial charge in [-0.15, -0.1) is 0 Å². The topological polar surface area (TPSA) is 93.2 Å². The van der Waals surface area contributed by atoms with Crippen molar-refractivity contribution in [3.05, 3.63) is 76.8 Å². The number of rotatable bonds is 3. The number of esters is 1. The van der Waals surface area contributed by atoms with Gasteiger partial charge in [0.15, 0.2) is 17.3 Å². The molecule has 0 aliphatic carbocycles. The van der Waals surface area contributed by atoms with Gasteiger partial charge in [0.05, 0.1) is 19.1 Å². The highest BCUT2D eigenvalue weighted by atomic mass is 16.6. The van der Waals surface area contributed by atoms with Crippen molar-refractivity contribution >= 4 is 17.8 Å². The molecule has 0 bridgehead atoms. The van der Waals surface area contributed by atoms with Gasteiger partial charge >= 0.3 is 5.97 Å². The third-order valence-corrected chi connectivity index (χ3v) is 6.01. The van der Waals surface area contributed by atoms with E-state index in [1.54, 1.807) is 43.8 Å². The lowest BCUT2D eigenvalue weighted by Crippen LogP contribution is -2.22. The Morgan fingerprint density at radius 1 is 1.03 bits per heavy atom. The van der Waals surface area contributed by atoms with Crippen LogP contribution in [-0.4, -0.2) is 37.1 Å². The second-order valence-electron chi connectivity index (χ2n) is 8.06. The number of benzene rings is 2. The number of hydrogen-bond acceptors (Lipinski definition) is 8. The number of Topliss-reactive ketones (excluding diaryl/α,β-unsaturated/α-hetero) is 1. The first-order valence-electron chi connectivity index (χ1n) is 10.8. The number of carbonyl (C=O) groups excluding carboxylic acids is 2. The predicted molar refractivity (Wildman–Crippen MR) is 120 cm³/mol. The fraction of sp³-hybridized carbons (Fsp3) is 0.192. The van der Waals surface area contributed by atoms with Gasteiger partial charge in [-0.3, -0.25) is 14.6 Å². The minimum Gasteiger partial charge on any atom is -0.493 e. The van der Waals surface area contributed by atoms with Crippen LogP contribution in [0.15, 0.2) is 54.6 Å². The van der Waals surface area contributed by atoms with Crippen LogP contribution in [0.5, 0.6) is 28.7 Å². The summed E-state index contributed by atoms with van der Waals surface area (Å²) in [7, 11) is 1.55. The maximum Gasteiger partial charge on any atom is 0.312 e. The molecule has 0 saturated heterocycles. The number of ketones is 1. The van der Waals surface area contributed by atoms with Gasteiger partial charge in [0.2, 0.25) is 11.5 Å². The highest BCUT2D eigenvalue weighted by Gasteiger charge is 2.39. The summed E-state index contributed by atoms with van der Waals surface area (Å²) in [6.07, 6.45) is 5.03. The van der Waals surface area contributed by atoms with Crippen molar-refractivity contribution in [1.29, 1.82) is 0 Å². The smallest absolute Gasteiger partial charge is 0.312 e. The number of pyridine rings is 1. The molecule has 8 heteroatoms. The van der Waals surface area contributed by atoms with Crippen molar-refractivity contribution < 1.29 is 33.3 Å². The summed E-state index contributed by atoms with van der Waals surface area (Å²) in [6, 6.07) is 10.5. The van der Waals surface area contributed by atoms with E-state index in [0.717, 1.165) is 11.1 Å². The second kappa shape index (κ2) is 7.91. The molecular weight excluding hydrogens is 438 g/mol. The Labute approximate surface area is 194 Å². The molecule has 0 N–H and O–H groups in total. The number of nitrogens with zero attached hydrogens (tertiary/aromatic N) is 1. The molecule has 1 atom stereocenters. The van der Waals surface area contributed by atoms with Crippen LogP contribution in [0.4, 0.5) is 0 Å². The third-order valence-electron chi connectivity index (χ3n) is 6.01. The highest BCUT2D eigenvalue weighted by Crippen LogP contribution is 2.51. The molecule has 8 nitrogen and oxygen atoms in total. The summed E-state index contributed by atoms with van der Waals surface area (Å²) in [5, 5.41) is 0. The molecule has 4 heterocycles. The minimum absolute atomic E-state index is 0.0749. The standard InChI is InChI=1S/C26H19NO7/c1-30-20-10-15(11-21-26(20)32-8-7-31-21)17-12-22(28)33-18-5-4-16-24(29)19(34-25(16)23(17)18)9-14-3-2-6-27-13-14/h2-6,9-11,13,17H,7-8,12H2,1H3/b19-9-/t17-/m1/s1. The lowest BCUT2D eigenvalue weighted by atomic mass is 9.84. The van der Waals surface area contributed by atoms with Crippen molar-refractivity contribution in [3.63, 3.8) is 0 Å². The maximum atomic E-state index is 13.1. The van der Waals surface area contributed by atoms with Crippen molar-refractivity contribution in [2.24, 2.45) is 0 Å². The van der Waals surface area contributed by atoms with E-state index in [-0.39, 0.29) is 23.9 Å². The molecule has 1 aromatic heterocycles. The Morgan fingerprint density at radius 2 is 1.91 bits per heavy atom. The molecule has 34 heavy (non-hydrogen) atoms. The third kappa shape index (κ3) is 3.26. The van der Waals surface area contributed by atoms with E-state index >= 15 is 0 Å². The van der Waals surface area contributed by atoms with E-state index in [4.69, 9.17) is 23.7 Å². The van der Waals surface area contributed by atoms with Crippen LogP contribution < -0.4 is 23.7 Å². The first-order chi connectivity index (χ1) is 16.6. The van der Waals surface area contributed by atoms with Crippen molar-refractivity contribution in [2.45, 2.75) is 12.3 Å². The molecule has 0 unspecified atom stereocenters. The molecule has 0 saturated carbocycles. The van der Waals surface area contributed by atoms with Crippen LogP contribution in [0.2, 0.25) is 0 Å². The van der Waals surface area contributed by atoms with Gasteiger partial charge in [0, 0.05) is 23.9 Å². The average molecular weight is 457 g/mol. The van der Waals surface area contributed by atoms with E-state index in [2.05, 4.69) is 4.98 Å². The van der Waals surface area contributed by atoms with E-state index < -0.39 is 5.92 Å². The zero-order chi connectivity index (χ0) is 23.2. The zero-order valence-corrected chi connectivity index (χ0v) is 18.2. The van der Waals surface area contributed by atoms with Crippen LogP contribution in [0.3, 0.4) is 0 Å². The predicted octanol–water partition coefficient (Wildman–Crippen LogP) is 3.92. The Kier molecular flexibility index (Phi) is 4.72. The number of carbonyl (C=O) groups is 2. The highest BCUT2D eigenvalue weighted by molar-refractivity contribution is 6.15. The van der Waals surface area contributed by atoms with Crippen LogP contribution >= 0.6 is 0 Å². The molecule has 6 rings (SSSR count). The number of aromatic nitrogens is 1. The number of fused-ring (bicyclic) bond motifs is 4. The van der Waals surface area contributed by atoms with Gasteiger partial charge in [-0.2, -0.15) is 0 Å². The summed E-state index contributed by atoms with van der Waals surface area (Å²) < 4.78 is 28.6. The normalized spacial score (nSPS) is 19.2. The second-order valence-corrected chi connectivity index (χ2v) is 8.06. The first kappa shape index (κ1) is 20.3. The fourth-order valence-electron chi connectivity index (χ4n) is 4.50. The van der Waals surface area contributed by atoms with Crippen molar-refractivity contribution in [2.75, 3.05) is 20.3 Å². The van der Waals surface area contributed by atoms with Crippen LogP contribution in [0.25, 0.3) is 6.08 Å². The summed E-state index contributed by atoms with van der Waals surface area (Å²) in [4.78, 5) is 29.7. The number of hydrogen-bond donors (Lipinski definition) is 0. The minimum atomic E-state index is -0.429. The Balaban J connectivity index is 1.48. The fourth-order valence-corrected chi connectivity index (χ4v) is 4.50. The molecule has 3 aromatic rings. The lowest BCUT2D eigenvalue weighted by Gasteiger charge is -2.28. The van der Waals surface area contributed by atoms with Crippen molar-refractivity contribution in [1.82, 2.24) is 4.98 Å². The Hall–Kier alpha value is -4.33. The number of methoxy groups -OCH3 is 1. The summed E-state index contributed by atoms with van der Waals surface area (Å²) in [6.45, 7) is 0.842. The summed E-state index contributed by atoms with van der Waals surface area (Å²) >= 11 is 0. The van der Waals surface area contributed by atoms with Crippen LogP contribution in [0.1, 0.15) is 39.4 Å². The van der Waals surface area contributed by atoms with E-state index in [9.17, 15) is 9.59 Å². The number of ether oxygens (including phenoxy) is 5. The van der Waals surface area contributed by atoms with Gasteiger partial charge < -0.3 is 23.7 Å². The monoisotopic (exact) mass is 457 g/mol. The molecular formula is C26H19NO7. The Morgan fingerprint density at radius 3 is 2.74 bits per heavy atom. The first-order valence-corrected chi connectivity index (χ1v) is 10.8. The van der Waals surface area contributed by atoms with Crippen LogP contribution in [0, 0.1) is 0 Å². The van der Waals surface area contributed by atoms with Gasteiger partial charge in [0.1, 0.15) is 24.7 Å². The van der Waals surface area contributed by atoms with Crippen LogP contribution in [-0.2, 0) is 4.79 Å². The largest absolute Gasteiger partial charge is 0.493 e. The quantitative estimate of drug-likeness (QED) is 0.332. The van der Waals surface area contributed by atoms with E-state index in [1.165, 1.54) is 0 Å². The molecule has 3 aliphatic rings. The lowest BCUT2D eigenvalue weighted by molar-refractivity contribution is -0.135. The molecule has 0 amide bonds. The van der Waals surface area contributed by atoms with Crippen molar-refractivity contribution in [3.8, 4) is 28.7 Å². The summed E-state index contributed by atoms with van der Waals surface area (Å²) in [5.74, 6) is 1.49. The number of allylic oxidation sites excluding steroid dienone is 1. The van der Waals surface area contributed by atoms with Gasteiger partial charge in [0.25, 0.3) is 0 Å². The average Bonchev–Trinajstić information content (AvgIpc) is 3.18. The van der Waals surface area contributed by atoms with E-state index in [0.29, 0.717) is 53.1 Å². The zero-order valence-electron chi connectivity index (χ0n) is 18.2. The van der Waals surface area contributed by atoms with Gasteiger partial charge in [-0.25, -0.2) is 0 Å². The molecule has 0 radical (unpaired) electrons. The summed E-state index contributed by atoms with van der Waals surface area (Å²) in [5.41, 5.74) is 2.57. The SMILES string of the molecule is COc1cc([C@H]2CC(=O)Oc3ccc4c(c32)O/C(=C\c2cccnc2)C4=O)cc2c1OCCO2. The molecule has 0 spiro atoms. The maximum absolute atomic E-state index is 13.1. The Bertz CT molecular complexity index is 1350. The van der Waals surface area contributed by atoms with Gasteiger partial charge in [-0.1, -0.05) is 6.07 Å². The van der Waals surface area contributed by atoms with Gasteiger partial charge in [-0.05, 0) is 47.5 Å². The molecule has 2 aromatic carbocycles. The molecule has 170 valence electrons. The molecule has 3 aliphatic heterocycles. The van der Waals surface area contributed by atoms with E-state index in [1.807, 2.05) is 18.2 Å².